The van der Waals surface area contributed by atoms with Gasteiger partial charge in [0.1, 0.15) is 0 Å². The molecule has 0 spiro atoms. The minimum atomic E-state index is -0.0475. The van der Waals surface area contributed by atoms with Gasteiger partial charge in [0.25, 0.3) is 5.91 Å². The maximum atomic E-state index is 12.5. The van der Waals surface area contributed by atoms with E-state index >= 15 is 0 Å². The molecule has 0 aliphatic rings. The fraction of sp³-hybridized carbons (Fsp3) is 0.389. The average molecular weight is 300 g/mol. The molecule has 0 fully saturated rings. The van der Waals surface area contributed by atoms with Crippen LogP contribution in [0.25, 0.3) is 0 Å². The van der Waals surface area contributed by atoms with Crippen LogP contribution in [0, 0.1) is 13.8 Å². The van der Waals surface area contributed by atoms with Crippen LogP contribution in [0.4, 0.5) is 0 Å². The Morgan fingerprint density at radius 1 is 1.27 bits per heavy atom. The molecular formula is C18H24N2O2. The van der Waals surface area contributed by atoms with Crippen molar-refractivity contribution in [2.24, 2.45) is 0 Å². The number of aliphatic hydroxyl groups is 1. The van der Waals surface area contributed by atoms with Crippen molar-refractivity contribution in [2.45, 2.75) is 26.8 Å². The van der Waals surface area contributed by atoms with Crippen LogP contribution in [0.5, 0.6) is 0 Å². The second-order valence-corrected chi connectivity index (χ2v) is 5.69. The Kier molecular flexibility index (Phi) is 5.03. The van der Waals surface area contributed by atoms with Crippen LogP contribution in [-0.4, -0.2) is 40.7 Å². The number of carbonyl (C=O) groups excluding carboxylic acids is 1. The number of aryl methyl sites for hydroxylation is 1. The third kappa shape index (κ3) is 3.07. The molecule has 0 aliphatic carbocycles. The quantitative estimate of drug-likeness (QED) is 0.923. The van der Waals surface area contributed by atoms with Crippen molar-refractivity contribution in [2.75, 3.05) is 20.2 Å². The summed E-state index contributed by atoms with van der Waals surface area (Å²) < 4.78 is 2.19. The molecule has 1 aromatic carbocycles. The Balaban J connectivity index is 2.37. The van der Waals surface area contributed by atoms with Gasteiger partial charge in [-0.05, 0) is 32.4 Å². The van der Waals surface area contributed by atoms with E-state index in [9.17, 15) is 4.79 Å². The molecule has 1 heterocycles. The smallest absolute Gasteiger partial charge is 0.255 e. The van der Waals surface area contributed by atoms with E-state index in [0.717, 1.165) is 11.4 Å². The van der Waals surface area contributed by atoms with Crippen molar-refractivity contribution >= 4 is 5.91 Å². The van der Waals surface area contributed by atoms with Crippen LogP contribution in [0.15, 0.2) is 36.4 Å². The van der Waals surface area contributed by atoms with Crippen LogP contribution in [-0.2, 0) is 0 Å². The van der Waals surface area contributed by atoms with Crippen LogP contribution < -0.4 is 0 Å². The van der Waals surface area contributed by atoms with Gasteiger partial charge in [-0.2, -0.15) is 0 Å². The minimum absolute atomic E-state index is 0.0264. The first kappa shape index (κ1) is 16.3. The Labute approximate surface area is 132 Å². The molecule has 0 saturated heterocycles. The topological polar surface area (TPSA) is 45.5 Å². The van der Waals surface area contributed by atoms with E-state index in [1.165, 1.54) is 5.56 Å². The van der Waals surface area contributed by atoms with Gasteiger partial charge in [0.05, 0.1) is 18.2 Å². The number of rotatable bonds is 5. The molecule has 1 unspecified atom stereocenters. The van der Waals surface area contributed by atoms with Gasteiger partial charge >= 0.3 is 0 Å². The Bertz CT molecular complexity index is 647. The van der Waals surface area contributed by atoms with Crippen LogP contribution in [0.2, 0.25) is 0 Å². The minimum Gasteiger partial charge on any atom is -0.395 e. The van der Waals surface area contributed by atoms with Crippen molar-refractivity contribution in [3.63, 3.8) is 0 Å². The van der Waals surface area contributed by atoms with Gasteiger partial charge in [-0.15, -0.1) is 0 Å². The lowest BCUT2D eigenvalue weighted by Crippen LogP contribution is -2.29. The molecule has 0 bridgehead atoms. The molecule has 4 heteroatoms. The van der Waals surface area contributed by atoms with Crippen molar-refractivity contribution in [1.82, 2.24) is 9.47 Å². The molecule has 0 saturated carbocycles. The van der Waals surface area contributed by atoms with E-state index in [2.05, 4.69) is 23.6 Å². The fourth-order valence-corrected chi connectivity index (χ4v) is 2.93. The molecule has 1 amide bonds. The number of aliphatic hydroxyl groups excluding tert-OH is 1. The predicted molar refractivity (Wildman–Crippen MR) is 88.2 cm³/mol. The van der Waals surface area contributed by atoms with E-state index in [0.29, 0.717) is 12.1 Å². The highest BCUT2D eigenvalue weighted by atomic mass is 16.3. The van der Waals surface area contributed by atoms with E-state index in [4.69, 9.17) is 5.11 Å². The molecule has 4 nitrogen and oxygen atoms in total. The van der Waals surface area contributed by atoms with Crippen molar-refractivity contribution in [3.05, 3.63) is 58.9 Å². The maximum absolute atomic E-state index is 12.5. The zero-order valence-corrected chi connectivity index (χ0v) is 13.7. The summed E-state index contributed by atoms with van der Waals surface area (Å²) in [5.41, 5.74) is 3.95. The SMILES string of the molecule is Cc1cc(C(=O)N(C)CCO)c(C)n1C(C)c1ccccc1. The van der Waals surface area contributed by atoms with E-state index < -0.39 is 0 Å². The summed E-state index contributed by atoms with van der Waals surface area (Å²) in [6.45, 7) is 6.46. The number of hydrogen-bond acceptors (Lipinski definition) is 2. The van der Waals surface area contributed by atoms with Crippen molar-refractivity contribution in [1.29, 1.82) is 0 Å². The Morgan fingerprint density at radius 2 is 1.91 bits per heavy atom. The zero-order valence-electron chi connectivity index (χ0n) is 13.7. The molecule has 118 valence electrons. The summed E-state index contributed by atoms with van der Waals surface area (Å²) in [7, 11) is 1.71. The van der Waals surface area contributed by atoms with Gasteiger partial charge in [0.15, 0.2) is 0 Å². The molecule has 1 atom stereocenters. The Morgan fingerprint density at radius 3 is 2.50 bits per heavy atom. The number of amides is 1. The summed E-state index contributed by atoms with van der Waals surface area (Å²) in [5, 5.41) is 9.00. The molecule has 2 aromatic rings. The summed E-state index contributed by atoms with van der Waals surface area (Å²) in [6, 6.07) is 12.4. The average Bonchev–Trinajstić information content (AvgIpc) is 2.81. The van der Waals surface area contributed by atoms with Crippen molar-refractivity contribution in [3.8, 4) is 0 Å². The van der Waals surface area contributed by atoms with Crippen LogP contribution in [0.1, 0.15) is 40.3 Å². The predicted octanol–water partition coefficient (Wildman–Crippen LogP) is 2.78. The number of aromatic nitrogens is 1. The molecule has 2 rings (SSSR count). The summed E-state index contributed by atoms with van der Waals surface area (Å²) in [6.07, 6.45) is 0. The summed E-state index contributed by atoms with van der Waals surface area (Å²) in [5.74, 6) is -0.0475. The first-order valence-corrected chi connectivity index (χ1v) is 7.57. The maximum Gasteiger partial charge on any atom is 0.255 e. The Hall–Kier alpha value is -2.07. The number of carbonyl (C=O) groups is 1. The second kappa shape index (κ2) is 6.79. The molecule has 1 aromatic heterocycles. The highest BCUT2D eigenvalue weighted by molar-refractivity contribution is 5.95. The molecule has 0 radical (unpaired) electrons. The number of hydrogen-bond donors (Lipinski definition) is 1. The van der Waals surface area contributed by atoms with Gasteiger partial charge in [0.2, 0.25) is 0 Å². The molecule has 0 aliphatic heterocycles. The lowest BCUT2D eigenvalue weighted by Gasteiger charge is -2.20. The third-order valence-electron chi connectivity index (χ3n) is 4.17. The van der Waals surface area contributed by atoms with Crippen LogP contribution >= 0.6 is 0 Å². The van der Waals surface area contributed by atoms with Gasteiger partial charge in [-0.25, -0.2) is 0 Å². The highest BCUT2D eigenvalue weighted by Crippen LogP contribution is 2.26. The first-order chi connectivity index (χ1) is 10.5. The third-order valence-corrected chi connectivity index (χ3v) is 4.17. The fourth-order valence-electron chi connectivity index (χ4n) is 2.93. The zero-order chi connectivity index (χ0) is 16.3. The van der Waals surface area contributed by atoms with Gasteiger partial charge in [-0.3, -0.25) is 4.79 Å². The summed E-state index contributed by atoms with van der Waals surface area (Å²) in [4.78, 5) is 14.0. The standard InChI is InChI=1S/C18H24N2O2/c1-13-12-17(18(22)19(4)10-11-21)15(3)20(13)14(2)16-8-6-5-7-9-16/h5-9,12,14,21H,10-11H2,1-4H3. The monoisotopic (exact) mass is 300 g/mol. The van der Waals surface area contributed by atoms with Gasteiger partial charge in [-0.1, -0.05) is 30.3 Å². The lowest BCUT2D eigenvalue weighted by atomic mass is 10.1. The molecule has 1 N–H and O–H groups in total. The van der Waals surface area contributed by atoms with E-state index in [1.54, 1.807) is 11.9 Å². The van der Waals surface area contributed by atoms with Gasteiger partial charge < -0.3 is 14.6 Å². The van der Waals surface area contributed by atoms with Gasteiger partial charge in [0, 0.05) is 25.0 Å². The second-order valence-electron chi connectivity index (χ2n) is 5.69. The highest BCUT2D eigenvalue weighted by Gasteiger charge is 2.21. The largest absolute Gasteiger partial charge is 0.395 e. The molecule has 22 heavy (non-hydrogen) atoms. The number of likely N-dealkylation sites (N-methyl/N-ethyl adjacent to an activating group) is 1. The van der Waals surface area contributed by atoms with Crippen molar-refractivity contribution < 1.29 is 9.90 Å². The normalized spacial score (nSPS) is 12.2. The number of benzene rings is 1. The lowest BCUT2D eigenvalue weighted by molar-refractivity contribution is 0.0766. The molecular weight excluding hydrogens is 276 g/mol. The summed E-state index contributed by atoms with van der Waals surface area (Å²) >= 11 is 0. The van der Waals surface area contributed by atoms with E-state index in [1.807, 2.05) is 38.1 Å². The van der Waals surface area contributed by atoms with E-state index in [-0.39, 0.29) is 18.6 Å². The van der Waals surface area contributed by atoms with Crippen LogP contribution in [0.3, 0.4) is 0 Å². The number of nitrogens with zero attached hydrogens (tertiary/aromatic N) is 2. The first-order valence-electron chi connectivity index (χ1n) is 7.57.